The van der Waals surface area contributed by atoms with E-state index in [0.29, 0.717) is 68.3 Å². The zero-order chi connectivity index (χ0) is 44.9. The van der Waals surface area contributed by atoms with Gasteiger partial charge in [-0.05, 0) is 75.1 Å². The summed E-state index contributed by atoms with van der Waals surface area (Å²) in [5, 5.41) is 6.06. The van der Waals surface area contributed by atoms with Crippen LogP contribution in [-0.2, 0) is 35.0 Å². The molecule has 0 saturated carbocycles. The van der Waals surface area contributed by atoms with Crippen molar-refractivity contribution >= 4 is 39.6 Å². The van der Waals surface area contributed by atoms with Crippen molar-refractivity contribution in [3.63, 3.8) is 0 Å². The number of anilines is 1. The number of hydrogen-bond donors (Lipinski definition) is 4. The van der Waals surface area contributed by atoms with Crippen molar-refractivity contribution in [3.8, 4) is 22.4 Å². The van der Waals surface area contributed by atoms with Crippen molar-refractivity contribution in [3.05, 3.63) is 118 Å². The van der Waals surface area contributed by atoms with Crippen molar-refractivity contribution in [1.82, 2.24) is 29.7 Å². The van der Waals surface area contributed by atoms with Crippen molar-refractivity contribution < 1.29 is 33.3 Å². The lowest BCUT2D eigenvalue weighted by atomic mass is 9.97. The molecule has 4 heterocycles. The second-order valence-corrected chi connectivity index (χ2v) is 16.6. The number of carbonyl (C=O) groups excluding carboxylic acids is 2. The highest BCUT2D eigenvalue weighted by molar-refractivity contribution is 5.94. The van der Waals surface area contributed by atoms with E-state index in [2.05, 4.69) is 49.8 Å². The fraction of sp³-hybridized carbons (Fsp3) is 0.396. The molecule has 16 heteroatoms. The molecule has 3 aromatic heterocycles. The summed E-state index contributed by atoms with van der Waals surface area (Å²) in [6.45, 7) is 10.5. The molecule has 0 unspecified atom stereocenters. The molecule has 64 heavy (non-hydrogen) atoms. The van der Waals surface area contributed by atoms with Crippen LogP contribution in [0.3, 0.4) is 0 Å². The van der Waals surface area contributed by atoms with Crippen LogP contribution in [0.2, 0.25) is 0 Å². The maximum Gasteiger partial charge on any atom is 0.407 e. The van der Waals surface area contributed by atoms with Gasteiger partial charge in [0.05, 0.1) is 73.9 Å². The molecule has 7 rings (SSSR count). The number of alkyl carbamates (subject to hydrolysis) is 1. The number of nitrogens with one attached hydrogen (secondary N) is 4. The number of aromatic nitrogens is 4. The van der Waals surface area contributed by atoms with Gasteiger partial charge in [-0.15, -0.1) is 0 Å². The molecule has 1 aliphatic heterocycles. The maximum absolute atomic E-state index is 13.2. The van der Waals surface area contributed by atoms with E-state index < -0.39 is 11.7 Å². The monoisotopic (exact) mass is 875 g/mol. The van der Waals surface area contributed by atoms with E-state index in [9.17, 15) is 19.2 Å². The quantitative estimate of drug-likeness (QED) is 0.0633. The first-order chi connectivity index (χ1) is 31.0. The number of carbonyl (C=O) groups is 2. The number of piperidine rings is 1. The minimum atomic E-state index is -0.542. The van der Waals surface area contributed by atoms with E-state index in [1.165, 1.54) is 5.56 Å². The van der Waals surface area contributed by atoms with E-state index in [0.717, 1.165) is 60.4 Å². The zero-order valence-corrected chi connectivity index (χ0v) is 36.7. The molecule has 0 atom stereocenters. The molecule has 0 radical (unpaired) electrons. The summed E-state index contributed by atoms with van der Waals surface area (Å²) in [6.07, 6.45) is 2.75. The first-order valence-corrected chi connectivity index (χ1v) is 21.7. The lowest BCUT2D eigenvalue weighted by Gasteiger charge is -2.32. The Morgan fingerprint density at radius 1 is 0.797 bits per heavy atom. The predicted octanol–water partition coefficient (Wildman–Crippen LogP) is 6.27. The number of hydrogen-bond acceptors (Lipinski definition) is 11. The first-order valence-electron chi connectivity index (χ1n) is 21.7. The Morgan fingerprint density at radius 2 is 1.48 bits per heavy atom. The number of imidazole rings is 1. The minimum absolute atomic E-state index is 0.00955. The highest BCUT2D eigenvalue weighted by Gasteiger charge is 2.24. The lowest BCUT2D eigenvalue weighted by molar-refractivity contribution is -0.121. The van der Waals surface area contributed by atoms with Gasteiger partial charge in [0.1, 0.15) is 12.2 Å². The summed E-state index contributed by atoms with van der Waals surface area (Å²) in [7, 11) is 0. The Bertz CT molecular complexity index is 2590. The van der Waals surface area contributed by atoms with Crippen molar-refractivity contribution in [2.45, 2.75) is 51.8 Å². The number of nitrogens with zero attached hydrogens (tertiary/aromatic N) is 3. The second-order valence-electron chi connectivity index (χ2n) is 16.6. The molecule has 1 saturated heterocycles. The van der Waals surface area contributed by atoms with E-state index >= 15 is 0 Å². The van der Waals surface area contributed by atoms with Crippen LogP contribution < -0.4 is 21.9 Å². The average molecular weight is 876 g/mol. The Morgan fingerprint density at radius 3 is 2.19 bits per heavy atom. The fourth-order valence-corrected chi connectivity index (χ4v) is 7.65. The van der Waals surface area contributed by atoms with Gasteiger partial charge in [-0.1, -0.05) is 54.6 Å². The number of likely N-dealkylation sites (tertiary alicyclic amines) is 1. The van der Waals surface area contributed by atoms with Crippen molar-refractivity contribution in [1.29, 1.82) is 0 Å². The van der Waals surface area contributed by atoms with Gasteiger partial charge in [-0.25, -0.2) is 14.6 Å². The van der Waals surface area contributed by atoms with Crippen LogP contribution in [0, 0.1) is 0 Å². The minimum Gasteiger partial charge on any atom is -0.444 e. The maximum atomic E-state index is 13.2. The number of fused-ring (bicyclic) bond motifs is 2. The van der Waals surface area contributed by atoms with Gasteiger partial charge in [-0.3, -0.25) is 19.1 Å². The molecule has 6 aromatic rings. The topological polar surface area (TPSA) is 191 Å². The largest absolute Gasteiger partial charge is 0.444 e. The summed E-state index contributed by atoms with van der Waals surface area (Å²) in [5.74, 6) is -0.309. The van der Waals surface area contributed by atoms with E-state index in [4.69, 9.17) is 28.7 Å². The van der Waals surface area contributed by atoms with Crippen LogP contribution >= 0.6 is 0 Å². The van der Waals surface area contributed by atoms with E-state index in [1.54, 1.807) is 33.0 Å². The smallest absolute Gasteiger partial charge is 0.407 e. The Balaban J connectivity index is 0.820. The molecule has 338 valence electrons. The van der Waals surface area contributed by atoms with Crippen LogP contribution in [-0.4, -0.2) is 115 Å². The molecular formula is C48H57N7O9. The molecular weight excluding hydrogens is 819 g/mol. The van der Waals surface area contributed by atoms with Crippen LogP contribution in [0.1, 0.15) is 45.2 Å². The summed E-state index contributed by atoms with van der Waals surface area (Å²) in [6, 6.07) is 27.6. The fourth-order valence-electron chi connectivity index (χ4n) is 7.65. The molecule has 4 N–H and O–H groups in total. The second kappa shape index (κ2) is 22.0. The lowest BCUT2D eigenvalue weighted by Crippen LogP contribution is -2.36. The van der Waals surface area contributed by atoms with E-state index in [1.807, 2.05) is 59.2 Å². The zero-order valence-electron chi connectivity index (χ0n) is 36.7. The van der Waals surface area contributed by atoms with Gasteiger partial charge < -0.3 is 44.3 Å². The summed E-state index contributed by atoms with van der Waals surface area (Å²) in [4.78, 5) is 63.2. The Labute approximate surface area is 371 Å². The molecule has 1 aliphatic rings. The van der Waals surface area contributed by atoms with Gasteiger partial charge >= 0.3 is 11.8 Å². The molecule has 3 aromatic carbocycles. The third kappa shape index (κ3) is 12.7. The van der Waals surface area contributed by atoms with Crippen LogP contribution in [0.5, 0.6) is 0 Å². The average Bonchev–Trinajstić information content (AvgIpc) is 3.61. The highest BCUT2D eigenvalue weighted by atomic mass is 16.6. The number of ether oxygens (including phenoxy) is 5. The highest BCUT2D eigenvalue weighted by Crippen LogP contribution is 2.33. The number of aromatic amines is 2. The Kier molecular flexibility index (Phi) is 15.7. The van der Waals surface area contributed by atoms with Crippen molar-refractivity contribution in [2.75, 3.05) is 77.8 Å². The van der Waals surface area contributed by atoms with Gasteiger partial charge in [0.2, 0.25) is 5.91 Å². The van der Waals surface area contributed by atoms with Gasteiger partial charge in [0, 0.05) is 55.2 Å². The normalized spacial score (nSPS) is 13.7. The van der Waals surface area contributed by atoms with Crippen molar-refractivity contribution in [2.24, 2.45) is 0 Å². The molecule has 16 nitrogen and oxygen atoms in total. The van der Waals surface area contributed by atoms with E-state index in [-0.39, 0.29) is 36.4 Å². The third-order valence-electron chi connectivity index (χ3n) is 10.7. The van der Waals surface area contributed by atoms with Crippen LogP contribution in [0.15, 0.2) is 101 Å². The van der Waals surface area contributed by atoms with Crippen LogP contribution in [0.4, 0.5) is 10.5 Å². The predicted molar refractivity (Wildman–Crippen MR) is 245 cm³/mol. The van der Waals surface area contributed by atoms with Crippen LogP contribution in [0.25, 0.3) is 44.3 Å². The number of pyridine rings is 2. The SMILES string of the molecule is CC(C)(C)OC(=O)NCCOCCOCCOCCOCC(=O)Nc1ccc2[nH]c(=O)n(C3CCN(Cc4ccc(-c5nc6cc[nH]c(=O)c6cc5-c5ccccc5)cc4)CC3)c2c1. The first kappa shape index (κ1) is 45.8. The number of H-pyrrole nitrogens is 2. The summed E-state index contributed by atoms with van der Waals surface area (Å²) >= 11 is 0. The summed E-state index contributed by atoms with van der Waals surface area (Å²) < 4.78 is 28.9. The number of benzene rings is 3. The molecule has 0 aliphatic carbocycles. The summed E-state index contributed by atoms with van der Waals surface area (Å²) in [5.41, 5.74) is 6.67. The Hall–Kier alpha value is -6.17. The van der Waals surface area contributed by atoms with Gasteiger partial charge in [0.25, 0.3) is 5.56 Å². The number of amides is 2. The molecule has 2 amide bonds. The number of rotatable bonds is 20. The molecule has 0 bridgehead atoms. The van der Waals surface area contributed by atoms with Gasteiger partial charge in [0.15, 0.2) is 0 Å². The van der Waals surface area contributed by atoms with Gasteiger partial charge in [-0.2, -0.15) is 0 Å². The standard InChI is InChI=1S/C48H57N7O9/c1-48(2,3)64-47(59)50-19-22-60-23-24-61-25-26-62-27-28-63-32-43(56)51-36-13-14-41-42(29-36)55(46(58)53-41)37-16-20-54(21-17-37)31-33-9-11-35(12-10-33)44-38(34-7-5-4-6-8-34)30-39-40(52-44)15-18-49-45(39)57/h4-15,18,29-30,37H,16-17,19-28,31-32H2,1-3H3,(H,49,57)(H,50,59)(H,51,56)(H,53,58). The molecule has 1 fully saturated rings. The molecule has 0 spiro atoms. The third-order valence-corrected chi connectivity index (χ3v) is 10.7.